The number of nitrogens with zero attached hydrogens (tertiary/aromatic N) is 5. The number of imidazole rings is 1. The van der Waals surface area contributed by atoms with E-state index in [0.29, 0.717) is 23.3 Å². The summed E-state index contributed by atoms with van der Waals surface area (Å²) in [6, 6.07) is 6.00. The van der Waals surface area contributed by atoms with Gasteiger partial charge in [-0.1, -0.05) is 5.21 Å². The summed E-state index contributed by atoms with van der Waals surface area (Å²) in [4.78, 5) is 20.1. The Morgan fingerprint density at radius 2 is 2.07 bits per heavy atom. The maximum atomic E-state index is 12.3. The number of hydrogen-bond donors (Lipinski definition) is 3. The van der Waals surface area contributed by atoms with E-state index in [1.807, 2.05) is 12.1 Å². The molecular weight excluding hydrogens is 356 g/mol. The van der Waals surface area contributed by atoms with Crippen molar-refractivity contribution >= 4 is 22.8 Å². The molecule has 1 fully saturated rings. The van der Waals surface area contributed by atoms with Crippen molar-refractivity contribution in [3.63, 3.8) is 0 Å². The van der Waals surface area contributed by atoms with Gasteiger partial charge in [0.25, 0.3) is 0 Å². The molecule has 0 radical (unpaired) electrons. The van der Waals surface area contributed by atoms with Gasteiger partial charge in [0.05, 0.1) is 17.2 Å². The molecule has 9 nitrogen and oxygen atoms in total. The van der Waals surface area contributed by atoms with E-state index in [4.69, 9.17) is 0 Å². The Balaban J connectivity index is 1.29. The van der Waals surface area contributed by atoms with E-state index in [9.17, 15) is 4.79 Å². The summed E-state index contributed by atoms with van der Waals surface area (Å²) in [6.45, 7) is 4.18. The van der Waals surface area contributed by atoms with Gasteiger partial charge >= 0.3 is 0 Å². The second-order valence-corrected chi connectivity index (χ2v) is 7.37. The fourth-order valence-corrected chi connectivity index (χ4v) is 3.21. The van der Waals surface area contributed by atoms with Crippen LogP contribution in [0.1, 0.15) is 35.6 Å². The van der Waals surface area contributed by atoms with E-state index < -0.39 is 0 Å². The molecular formula is C19H20N8O. The number of aromatic nitrogens is 7. The number of anilines is 1. The average molecular weight is 376 g/mol. The predicted molar refractivity (Wildman–Crippen MR) is 104 cm³/mol. The van der Waals surface area contributed by atoms with Crippen LogP contribution in [0.5, 0.6) is 0 Å². The Morgan fingerprint density at radius 1 is 1.25 bits per heavy atom. The summed E-state index contributed by atoms with van der Waals surface area (Å²) in [5.41, 5.74) is 5.90. The second-order valence-electron chi connectivity index (χ2n) is 7.37. The number of H-pyrrole nitrogens is 2. The van der Waals surface area contributed by atoms with Crippen LogP contribution in [-0.4, -0.2) is 41.1 Å². The molecule has 3 aromatic heterocycles. The molecule has 4 aromatic rings. The highest BCUT2D eigenvalue weighted by Crippen LogP contribution is 2.39. The molecule has 3 heterocycles. The van der Waals surface area contributed by atoms with Crippen LogP contribution < -0.4 is 5.32 Å². The lowest BCUT2D eigenvalue weighted by molar-refractivity contribution is -0.116. The van der Waals surface area contributed by atoms with Gasteiger partial charge < -0.3 is 10.3 Å². The van der Waals surface area contributed by atoms with Crippen LogP contribution >= 0.6 is 0 Å². The predicted octanol–water partition coefficient (Wildman–Crippen LogP) is 2.68. The molecule has 0 atom stereocenters. The lowest BCUT2D eigenvalue weighted by Crippen LogP contribution is -2.19. The Kier molecular flexibility index (Phi) is 3.75. The van der Waals surface area contributed by atoms with Crippen molar-refractivity contribution in [2.45, 2.75) is 39.2 Å². The molecule has 5 rings (SSSR count). The lowest BCUT2D eigenvalue weighted by atomic mass is 10.1. The fraction of sp³-hybridized carbons (Fsp3) is 0.316. The number of benzene rings is 1. The molecule has 1 aliphatic carbocycles. The SMILES string of the molecule is Cc1cc2nc(-c3cn(CC(=O)Nc4cc(C5CC5)[nH]n4)nn3)[nH]c2cc1C. The standard InChI is InChI=1S/C19H20N8O/c1-10-5-14-15(6-11(10)2)21-19(20-14)16-8-27(26-24-16)9-18(28)22-17-7-13(23-25-17)12-3-4-12/h5-8,12H,3-4,9H2,1-2H3,(H,20,21)(H2,22,23,25,28). The first-order valence-corrected chi connectivity index (χ1v) is 9.28. The topological polar surface area (TPSA) is 117 Å². The minimum atomic E-state index is -0.207. The minimum Gasteiger partial charge on any atom is -0.337 e. The number of carbonyl (C=O) groups excluding carboxylic acids is 1. The van der Waals surface area contributed by atoms with E-state index in [1.165, 1.54) is 28.7 Å². The number of aromatic amines is 2. The Hall–Kier alpha value is -3.49. The first-order valence-electron chi connectivity index (χ1n) is 9.28. The van der Waals surface area contributed by atoms with Crippen LogP contribution in [0.15, 0.2) is 24.4 Å². The molecule has 142 valence electrons. The van der Waals surface area contributed by atoms with Crippen LogP contribution in [-0.2, 0) is 11.3 Å². The number of carbonyl (C=O) groups is 1. The summed E-state index contributed by atoms with van der Waals surface area (Å²) in [5.74, 6) is 1.52. The van der Waals surface area contributed by atoms with Crippen molar-refractivity contribution in [3.8, 4) is 11.5 Å². The molecule has 1 amide bonds. The second kappa shape index (κ2) is 6.29. The first kappa shape index (κ1) is 16.7. The summed E-state index contributed by atoms with van der Waals surface area (Å²) < 4.78 is 1.49. The Labute approximate surface area is 160 Å². The van der Waals surface area contributed by atoms with Crippen molar-refractivity contribution < 1.29 is 4.79 Å². The third-order valence-electron chi connectivity index (χ3n) is 5.07. The van der Waals surface area contributed by atoms with Gasteiger partial charge in [0.2, 0.25) is 5.91 Å². The number of fused-ring (bicyclic) bond motifs is 1. The molecule has 1 aromatic carbocycles. The van der Waals surface area contributed by atoms with Crippen LogP contribution in [0.2, 0.25) is 0 Å². The average Bonchev–Trinajstić information content (AvgIpc) is 3.03. The number of aryl methyl sites for hydroxylation is 2. The number of rotatable bonds is 5. The van der Waals surface area contributed by atoms with Crippen LogP contribution in [0.4, 0.5) is 5.82 Å². The molecule has 0 spiro atoms. The van der Waals surface area contributed by atoms with Crippen LogP contribution in [0, 0.1) is 13.8 Å². The van der Waals surface area contributed by atoms with Gasteiger partial charge in [-0.05, 0) is 49.9 Å². The quantitative estimate of drug-likeness (QED) is 0.495. The van der Waals surface area contributed by atoms with E-state index >= 15 is 0 Å². The summed E-state index contributed by atoms with van der Waals surface area (Å²) in [7, 11) is 0. The normalized spacial score (nSPS) is 13.9. The molecule has 0 unspecified atom stereocenters. The molecule has 3 N–H and O–H groups in total. The monoisotopic (exact) mass is 376 g/mol. The van der Waals surface area contributed by atoms with Gasteiger partial charge in [-0.15, -0.1) is 5.10 Å². The van der Waals surface area contributed by atoms with E-state index in [0.717, 1.165) is 16.7 Å². The maximum Gasteiger partial charge on any atom is 0.247 e. The van der Waals surface area contributed by atoms with E-state index in [1.54, 1.807) is 6.20 Å². The third kappa shape index (κ3) is 3.15. The third-order valence-corrected chi connectivity index (χ3v) is 5.07. The molecule has 1 aliphatic rings. The molecule has 28 heavy (non-hydrogen) atoms. The maximum absolute atomic E-state index is 12.3. The van der Waals surface area contributed by atoms with Crippen molar-refractivity contribution in [2.75, 3.05) is 5.32 Å². The van der Waals surface area contributed by atoms with Crippen LogP contribution in [0.3, 0.4) is 0 Å². The van der Waals surface area contributed by atoms with Crippen molar-refractivity contribution in [1.82, 2.24) is 35.2 Å². The lowest BCUT2D eigenvalue weighted by Gasteiger charge is -2.00. The molecule has 0 bridgehead atoms. The highest BCUT2D eigenvalue weighted by Gasteiger charge is 2.25. The highest BCUT2D eigenvalue weighted by molar-refractivity contribution is 5.89. The van der Waals surface area contributed by atoms with Gasteiger partial charge in [-0.3, -0.25) is 9.89 Å². The molecule has 9 heteroatoms. The summed E-state index contributed by atoms with van der Waals surface area (Å²) in [6.07, 6.45) is 4.06. The zero-order valence-electron chi connectivity index (χ0n) is 15.7. The number of amides is 1. The van der Waals surface area contributed by atoms with Gasteiger partial charge in [0, 0.05) is 17.7 Å². The molecule has 0 saturated heterocycles. The number of hydrogen-bond acceptors (Lipinski definition) is 5. The van der Waals surface area contributed by atoms with Gasteiger partial charge in [-0.25, -0.2) is 9.67 Å². The Morgan fingerprint density at radius 3 is 2.89 bits per heavy atom. The smallest absolute Gasteiger partial charge is 0.247 e. The summed E-state index contributed by atoms with van der Waals surface area (Å²) in [5, 5.41) is 18.1. The van der Waals surface area contributed by atoms with Gasteiger partial charge in [0.15, 0.2) is 11.6 Å². The van der Waals surface area contributed by atoms with Crippen molar-refractivity contribution in [2.24, 2.45) is 0 Å². The number of nitrogens with one attached hydrogen (secondary N) is 3. The summed E-state index contributed by atoms with van der Waals surface area (Å²) >= 11 is 0. The van der Waals surface area contributed by atoms with Crippen LogP contribution in [0.25, 0.3) is 22.6 Å². The zero-order chi connectivity index (χ0) is 19.3. The largest absolute Gasteiger partial charge is 0.337 e. The zero-order valence-corrected chi connectivity index (χ0v) is 15.7. The minimum absolute atomic E-state index is 0.0526. The fourth-order valence-electron chi connectivity index (χ4n) is 3.21. The van der Waals surface area contributed by atoms with E-state index in [-0.39, 0.29) is 12.5 Å². The van der Waals surface area contributed by atoms with Crippen molar-refractivity contribution in [3.05, 3.63) is 41.2 Å². The Bertz CT molecular complexity index is 1140. The molecule has 1 saturated carbocycles. The highest BCUT2D eigenvalue weighted by atomic mass is 16.2. The van der Waals surface area contributed by atoms with Gasteiger partial charge in [-0.2, -0.15) is 5.10 Å². The van der Waals surface area contributed by atoms with E-state index in [2.05, 4.69) is 55.7 Å². The first-order chi connectivity index (χ1) is 13.5. The van der Waals surface area contributed by atoms with Crippen molar-refractivity contribution in [1.29, 1.82) is 0 Å². The van der Waals surface area contributed by atoms with Gasteiger partial charge in [0.1, 0.15) is 12.2 Å². The molecule has 0 aliphatic heterocycles.